The van der Waals surface area contributed by atoms with Gasteiger partial charge in [0.2, 0.25) is 5.91 Å². The highest BCUT2D eigenvalue weighted by Gasteiger charge is 2.22. The minimum atomic E-state index is -0.303. The van der Waals surface area contributed by atoms with Gasteiger partial charge in [-0.3, -0.25) is 4.79 Å². The Morgan fingerprint density at radius 3 is 3.20 bits per heavy atom. The summed E-state index contributed by atoms with van der Waals surface area (Å²) in [5, 5.41) is 11.2. The maximum Gasteiger partial charge on any atom is 0.277 e. The molecule has 0 saturated heterocycles. The molecule has 1 aliphatic carbocycles. The second-order valence-electron chi connectivity index (χ2n) is 6.32. The van der Waals surface area contributed by atoms with Gasteiger partial charge in [-0.2, -0.15) is 0 Å². The van der Waals surface area contributed by atoms with Crippen molar-refractivity contribution in [2.75, 3.05) is 20.3 Å². The van der Waals surface area contributed by atoms with Gasteiger partial charge in [0.15, 0.2) is 0 Å². The summed E-state index contributed by atoms with van der Waals surface area (Å²) in [6.07, 6.45) is 3.50. The first-order valence-electron chi connectivity index (χ1n) is 8.45. The van der Waals surface area contributed by atoms with E-state index in [0.29, 0.717) is 24.3 Å². The van der Waals surface area contributed by atoms with Crippen molar-refractivity contribution in [3.8, 4) is 10.8 Å². The minimum absolute atomic E-state index is 0.0672. The van der Waals surface area contributed by atoms with Gasteiger partial charge >= 0.3 is 0 Å². The van der Waals surface area contributed by atoms with E-state index in [1.165, 1.54) is 28.6 Å². The lowest BCUT2D eigenvalue weighted by Crippen LogP contribution is -2.33. The van der Waals surface area contributed by atoms with Crippen LogP contribution in [-0.2, 0) is 22.4 Å². The molecule has 0 aliphatic heterocycles. The van der Waals surface area contributed by atoms with Crippen molar-refractivity contribution in [2.45, 2.75) is 43.6 Å². The maximum absolute atomic E-state index is 12.0. The Hall–Kier alpha value is -1.38. The molecule has 6 nitrogen and oxygen atoms in total. The quantitative estimate of drug-likeness (QED) is 0.586. The van der Waals surface area contributed by atoms with Crippen molar-refractivity contribution in [3.63, 3.8) is 0 Å². The molecule has 1 aliphatic rings. The smallest absolute Gasteiger partial charge is 0.277 e. The van der Waals surface area contributed by atoms with Crippen molar-refractivity contribution in [3.05, 3.63) is 16.5 Å². The van der Waals surface area contributed by atoms with Gasteiger partial charge in [0, 0.05) is 18.5 Å². The molecule has 136 valence electrons. The molecule has 0 saturated carbocycles. The number of aromatic nitrogens is 2. The van der Waals surface area contributed by atoms with E-state index in [-0.39, 0.29) is 11.2 Å². The first-order chi connectivity index (χ1) is 12.1. The van der Waals surface area contributed by atoms with Crippen LogP contribution in [0.2, 0.25) is 0 Å². The average Bonchev–Trinajstić information content (AvgIpc) is 3.21. The van der Waals surface area contributed by atoms with E-state index in [1.807, 2.05) is 6.92 Å². The third-order valence-electron chi connectivity index (χ3n) is 4.20. The number of thioether (sulfide) groups is 1. The third kappa shape index (κ3) is 4.62. The summed E-state index contributed by atoms with van der Waals surface area (Å²) >= 11 is 3.02. The minimum Gasteiger partial charge on any atom is -0.410 e. The van der Waals surface area contributed by atoms with Crippen LogP contribution in [0, 0.1) is 5.92 Å². The average molecular weight is 382 g/mol. The molecule has 2 aromatic heterocycles. The number of hydrogen-bond acceptors (Lipinski definition) is 7. The summed E-state index contributed by atoms with van der Waals surface area (Å²) in [4.78, 5) is 14.4. The van der Waals surface area contributed by atoms with Gasteiger partial charge in [-0.05, 0) is 43.7 Å². The predicted molar refractivity (Wildman–Crippen MR) is 99.0 cm³/mol. The van der Waals surface area contributed by atoms with Gasteiger partial charge in [0.1, 0.15) is 0 Å². The topological polar surface area (TPSA) is 77.2 Å². The van der Waals surface area contributed by atoms with Crippen molar-refractivity contribution >= 4 is 29.0 Å². The Morgan fingerprint density at radius 1 is 1.56 bits per heavy atom. The molecule has 0 aromatic carbocycles. The zero-order chi connectivity index (χ0) is 17.8. The van der Waals surface area contributed by atoms with Crippen LogP contribution in [0.15, 0.2) is 15.7 Å². The van der Waals surface area contributed by atoms with Gasteiger partial charge < -0.3 is 14.5 Å². The standard InChI is InChI=1S/C17H23N3O3S2/c1-10-4-5-13-12(8-10)9-14(25-13)16-19-20-17(23-16)24-11(2)15(21)18-6-7-22-3/h9-11H,4-8H2,1-3H3,(H,18,21)/t10-,11+/m0/s1. The molecule has 25 heavy (non-hydrogen) atoms. The van der Waals surface area contributed by atoms with E-state index in [9.17, 15) is 4.79 Å². The molecular formula is C17H23N3O3S2. The number of amides is 1. The fraction of sp³-hybridized carbons (Fsp3) is 0.588. The molecule has 1 amide bonds. The van der Waals surface area contributed by atoms with Crippen LogP contribution in [0.3, 0.4) is 0 Å². The number of hydrogen-bond donors (Lipinski definition) is 1. The van der Waals surface area contributed by atoms with Crippen LogP contribution in [0.5, 0.6) is 0 Å². The van der Waals surface area contributed by atoms with Crippen molar-refractivity contribution in [1.82, 2.24) is 15.5 Å². The fourth-order valence-electron chi connectivity index (χ4n) is 2.79. The molecular weight excluding hydrogens is 358 g/mol. The normalized spacial score (nSPS) is 18.0. The van der Waals surface area contributed by atoms with Crippen LogP contribution >= 0.6 is 23.1 Å². The highest BCUT2D eigenvalue weighted by Crippen LogP contribution is 2.37. The van der Waals surface area contributed by atoms with Gasteiger partial charge in [-0.1, -0.05) is 18.7 Å². The number of nitrogens with one attached hydrogen (secondary N) is 1. The number of aryl methyl sites for hydroxylation is 1. The molecule has 2 heterocycles. The fourth-order valence-corrected chi connectivity index (χ4v) is 4.63. The summed E-state index contributed by atoms with van der Waals surface area (Å²) in [6, 6.07) is 2.18. The summed E-state index contributed by atoms with van der Waals surface area (Å²) in [7, 11) is 1.60. The molecule has 0 radical (unpaired) electrons. The third-order valence-corrected chi connectivity index (χ3v) is 6.36. The molecule has 0 fully saturated rings. The molecule has 1 N–H and O–H groups in total. The molecule has 2 atom stereocenters. The summed E-state index contributed by atoms with van der Waals surface area (Å²) in [6.45, 7) is 5.10. The number of carbonyl (C=O) groups is 1. The lowest BCUT2D eigenvalue weighted by atomic mass is 9.90. The van der Waals surface area contributed by atoms with E-state index >= 15 is 0 Å². The van der Waals surface area contributed by atoms with E-state index in [4.69, 9.17) is 9.15 Å². The van der Waals surface area contributed by atoms with E-state index in [0.717, 1.165) is 23.6 Å². The highest BCUT2D eigenvalue weighted by atomic mass is 32.2. The van der Waals surface area contributed by atoms with Crippen LogP contribution in [0.1, 0.15) is 30.7 Å². The lowest BCUT2D eigenvalue weighted by molar-refractivity contribution is -0.120. The summed E-state index contributed by atoms with van der Waals surface area (Å²) in [5.74, 6) is 1.21. The van der Waals surface area contributed by atoms with Crippen LogP contribution in [0.4, 0.5) is 0 Å². The van der Waals surface area contributed by atoms with Crippen LogP contribution < -0.4 is 5.32 Å². The van der Waals surface area contributed by atoms with Gasteiger partial charge in [0.25, 0.3) is 11.1 Å². The first-order valence-corrected chi connectivity index (χ1v) is 10.1. The van der Waals surface area contributed by atoms with Crippen molar-refractivity contribution < 1.29 is 13.9 Å². The zero-order valence-electron chi connectivity index (χ0n) is 14.7. The number of fused-ring (bicyclic) bond motifs is 1. The van der Waals surface area contributed by atoms with E-state index < -0.39 is 0 Å². The molecule has 8 heteroatoms. The van der Waals surface area contributed by atoms with Gasteiger partial charge in [-0.25, -0.2) is 0 Å². The van der Waals surface area contributed by atoms with Gasteiger partial charge in [0.05, 0.1) is 16.7 Å². The van der Waals surface area contributed by atoms with E-state index in [1.54, 1.807) is 18.4 Å². The number of nitrogens with zero attached hydrogens (tertiary/aromatic N) is 2. The van der Waals surface area contributed by atoms with Gasteiger partial charge in [-0.15, -0.1) is 21.5 Å². The molecule has 0 bridgehead atoms. The molecule has 0 spiro atoms. The number of thiophene rings is 1. The van der Waals surface area contributed by atoms with Crippen LogP contribution in [0.25, 0.3) is 10.8 Å². The lowest BCUT2D eigenvalue weighted by Gasteiger charge is -2.16. The first kappa shape index (κ1) is 18.4. The molecule has 2 aromatic rings. The highest BCUT2D eigenvalue weighted by molar-refractivity contribution is 8.00. The second-order valence-corrected chi connectivity index (χ2v) is 8.75. The van der Waals surface area contributed by atoms with Crippen molar-refractivity contribution in [2.24, 2.45) is 5.92 Å². The Kier molecular flexibility index (Phi) is 6.14. The number of methoxy groups -OCH3 is 1. The molecule has 0 unspecified atom stereocenters. The Bertz CT molecular complexity index is 729. The predicted octanol–water partition coefficient (Wildman–Crippen LogP) is 3.17. The van der Waals surface area contributed by atoms with Crippen molar-refractivity contribution in [1.29, 1.82) is 0 Å². The summed E-state index contributed by atoms with van der Waals surface area (Å²) in [5.41, 5.74) is 1.41. The maximum atomic E-state index is 12.0. The second kappa shape index (κ2) is 8.33. The van der Waals surface area contributed by atoms with E-state index in [2.05, 4.69) is 28.5 Å². The summed E-state index contributed by atoms with van der Waals surface area (Å²) < 4.78 is 10.7. The Balaban J connectivity index is 1.62. The zero-order valence-corrected chi connectivity index (χ0v) is 16.3. The number of rotatable bonds is 7. The monoisotopic (exact) mass is 381 g/mol. The molecule has 3 rings (SSSR count). The number of carbonyl (C=O) groups excluding carboxylic acids is 1. The SMILES string of the molecule is COCCNC(=O)[C@@H](C)Sc1nnc(-c2cc3c(s2)CC[C@H](C)C3)o1. The number of ether oxygens (including phenoxy) is 1. The Morgan fingerprint density at radius 2 is 2.40 bits per heavy atom. The van der Waals surface area contributed by atoms with Crippen LogP contribution in [-0.4, -0.2) is 41.6 Å². The Labute approximate surface area is 155 Å². The largest absolute Gasteiger partial charge is 0.410 e.